The van der Waals surface area contributed by atoms with Gasteiger partial charge in [-0.25, -0.2) is 4.98 Å². The van der Waals surface area contributed by atoms with Gasteiger partial charge in [0.15, 0.2) is 0 Å². The van der Waals surface area contributed by atoms with E-state index in [9.17, 15) is 0 Å². The van der Waals surface area contributed by atoms with Crippen LogP contribution in [-0.4, -0.2) is 45.9 Å². The highest BCUT2D eigenvalue weighted by Gasteiger charge is 2.29. The molecule has 0 bridgehead atoms. The molecule has 0 radical (unpaired) electrons. The molecule has 5 heteroatoms. The molecule has 0 aliphatic carbocycles. The van der Waals surface area contributed by atoms with Gasteiger partial charge in [-0.2, -0.15) is 0 Å². The Morgan fingerprint density at radius 2 is 1.96 bits per heavy atom. The second-order valence-electron chi connectivity index (χ2n) is 7.83. The van der Waals surface area contributed by atoms with Crippen LogP contribution in [0, 0.1) is 5.92 Å². The molecular formula is C23H28N4S. The second-order valence-corrected chi connectivity index (χ2v) is 8.69. The van der Waals surface area contributed by atoms with E-state index >= 15 is 0 Å². The van der Waals surface area contributed by atoms with Gasteiger partial charge in [0.05, 0.1) is 11.4 Å². The number of rotatable bonds is 6. The van der Waals surface area contributed by atoms with Crippen molar-refractivity contribution >= 4 is 11.3 Å². The van der Waals surface area contributed by atoms with Gasteiger partial charge in [0.25, 0.3) is 0 Å². The number of nitrogens with zero attached hydrogens (tertiary/aromatic N) is 4. The lowest BCUT2D eigenvalue weighted by molar-refractivity contribution is 0.0714. The summed E-state index contributed by atoms with van der Waals surface area (Å²) in [5.74, 6) is 0.649. The van der Waals surface area contributed by atoms with Gasteiger partial charge in [0.2, 0.25) is 0 Å². The summed E-state index contributed by atoms with van der Waals surface area (Å²) in [7, 11) is 2.24. The zero-order chi connectivity index (χ0) is 19.3. The molecule has 0 N–H and O–H groups in total. The molecule has 0 saturated carbocycles. The van der Waals surface area contributed by atoms with Gasteiger partial charge < -0.3 is 0 Å². The number of benzene rings is 1. The van der Waals surface area contributed by atoms with Crippen LogP contribution in [0.3, 0.4) is 0 Å². The fourth-order valence-electron chi connectivity index (χ4n) is 4.22. The largest absolute Gasteiger partial charge is 0.299 e. The van der Waals surface area contributed by atoms with Crippen molar-refractivity contribution in [3.05, 3.63) is 71.4 Å². The van der Waals surface area contributed by atoms with Gasteiger partial charge in [0, 0.05) is 37.3 Å². The van der Waals surface area contributed by atoms with Gasteiger partial charge in [-0.15, -0.1) is 11.3 Å². The first kappa shape index (κ1) is 19.2. The number of hydrogen-bond donors (Lipinski definition) is 0. The minimum absolute atomic E-state index is 0.604. The monoisotopic (exact) mass is 392 g/mol. The van der Waals surface area contributed by atoms with Crippen LogP contribution in [0.2, 0.25) is 0 Å². The molecule has 4 rings (SSSR count). The van der Waals surface area contributed by atoms with Crippen LogP contribution < -0.4 is 0 Å². The molecule has 28 heavy (non-hydrogen) atoms. The molecular weight excluding hydrogens is 364 g/mol. The van der Waals surface area contributed by atoms with Crippen LogP contribution in [0.15, 0.2) is 60.1 Å². The SMILES string of the molecule is C[C@@H]1CN(Cc2ccccc2)CC[C@@H]1N(C)Cc1csc(-c2ccccn2)n1. The van der Waals surface area contributed by atoms with Gasteiger partial charge in [0.1, 0.15) is 5.01 Å². The van der Waals surface area contributed by atoms with Gasteiger partial charge in [-0.05, 0) is 43.6 Å². The van der Waals surface area contributed by atoms with Crippen LogP contribution >= 0.6 is 11.3 Å². The van der Waals surface area contributed by atoms with E-state index in [1.807, 2.05) is 24.4 Å². The minimum Gasteiger partial charge on any atom is -0.299 e. The minimum atomic E-state index is 0.604. The van der Waals surface area contributed by atoms with Crippen molar-refractivity contribution in [1.29, 1.82) is 0 Å². The maximum Gasteiger partial charge on any atom is 0.142 e. The highest BCUT2D eigenvalue weighted by Crippen LogP contribution is 2.26. The lowest BCUT2D eigenvalue weighted by Crippen LogP contribution is -2.48. The maximum atomic E-state index is 4.82. The highest BCUT2D eigenvalue weighted by atomic mass is 32.1. The first-order chi connectivity index (χ1) is 13.7. The zero-order valence-corrected chi connectivity index (χ0v) is 17.5. The average Bonchev–Trinajstić information content (AvgIpc) is 3.18. The summed E-state index contributed by atoms with van der Waals surface area (Å²) < 4.78 is 0. The van der Waals surface area contributed by atoms with E-state index in [0.717, 1.165) is 42.6 Å². The van der Waals surface area contributed by atoms with Crippen LogP contribution in [0.5, 0.6) is 0 Å². The summed E-state index contributed by atoms with van der Waals surface area (Å²) in [6, 6.07) is 17.4. The van der Waals surface area contributed by atoms with Crippen LogP contribution in [0.1, 0.15) is 24.6 Å². The molecule has 1 aliphatic heterocycles. The van der Waals surface area contributed by atoms with Gasteiger partial charge >= 0.3 is 0 Å². The molecule has 1 aliphatic rings. The van der Waals surface area contributed by atoms with E-state index in [1.54, 1.807) is 11.3 Å². The van der Waals surface area contributed by atoms with Crippen molar-refractivity contribution in [3.63, 3.8) is 0 Å². The number of piperidine rings is 1. The summed E-state index contributed by atoms with van der Waals surface area (Å²) in [5, 5.41) is 3.19. The third kappa shape index (κ3) is 4.66. The van der Waals surface area contributed by atoms with Crippen molar-refractivity contribution in [1.82, 2.24) is 19.8 Å². The zero-order valence-electron chi connectivity index (χ0n) is 16.7. The van der Waals surface area contributed by atoms with Crippen LogP contribution in [0.4, 0.5) is 0 Å². The average molecular weight is 393 g/mol. The van der Waals surface area contributed by atoms with Gasteiger partial charge in [-0.1, -0.05) is 43.3 Å². The fourth-order valence-corrected chi connectivity index (χ4v) is 5.01. The predicted octanol–water partition coefficient (Wildman–Crippen LogP) is 4.55. The van der Waals surface area contributed by atoms with Crippen molar-refractivity contribution in [2.45, 2.75) is 32.5 Å². The lowest BCUT2D eigenvalue weighted by atomic mass is 9.92. The molecule has 146 valence electrons. The molecule has 3 aromatic rings. The number of hydrogen-bond acceptors (Lipinski definition) is 5. The summed E-state index contributed by atoms with van der Waals surface area (Å²) in [5.41, 5.74) is 3.52. The molecule has 2 aromatic heterocycles. The molecule has 2 atom stereocenters. The van der Waals surface area contributed by atoms with Crippen molar-refractivity contribution in [2.24, 2.45) is 5.92 Å². The predicted molar refractivity (Wildman–Crippen MR) is 116 cm³/mol. The fraction of sp³-hybridized carbons (Fsp3) is 0.391. The summed E-state index contributed by atoms with van der Waals surface area (Å²) in [4.78, 5) is 14.3. The Labute approximate surface area is 171 Å². The lowest BCUT2D eigenvalue weighted by Gasteiger charge is -2.41. The normalized spacial score (nSPS) is 20.5. The van der Waals surface area contributed by atoms with E-state index in [2.05, 4.69) is 64.5 Å². The highest BCUT2D eigenvalue weighted by molar-refractivity contribution is 7.13. The summed E-state index contributed by atoms with van der Waals surface area (Å²) in [6.07, 6.45) is 3.04. The molecule has 1 saturated heterocycles. The number of likely N-dealkylation sites (tertiary alicyclic amines) is 1. The molecule has 1 fully saturated rings. The van der Waals surface area contributed by atoms with Gasteiger partial charge in [-0.3, -0.25) is 14.8 Å². The van der Waals surface area contributed by atoms with Crippen molar-refractivity contribution in [2.75, 3.05) is 20.1 Å². The number of aromatic nitrogens is 2. The quantitative estimate of drug-likeness (QED) is 0.616. The molecule has 4 nitrogen and oxygen atoms in total. The Balaban J connectivity index is 1.33. The van der Waals surface area contributed by atoms with Crippen LogP contribution in [0.25, 0.3) is 10.7 Å². The van der Waals surface area contributed by atoms with E-state index < -0.39 is 0 Å². The topological polar surface area (TPSA) is 32.3 Å². The molecule has 0 amide bonds. The molecule has 3 heterocycles. The van der Waals surface area contributed by atoms with Crippen LogP contribution in [-0.2, 0) is 13.1 Å². The Bertz CT molecular complexity index is 865. The Hall–Kier alpha value is -2.08. The first-order valence-corrected chi connectivity index (χ1v) is 10.9. The first-order valence-electron chi connectivity index (χ1n) is 10.0. The van der Waals surface area contributed by atoms with E-state index in [-0.39, 0.29) is 0 Å². The van der Waals surface area contributed by atoms with E-state index in [1.165, 1.54) is 12.0 Å². The smallest absolute Gasteiger partial charge is 0.142 e. The van der Waals surface area contributed by atoms with Crippen molar-refractivity contribution < 1.29 is 0 Å². The van der Waals surface area contributed by atoms with E-state index in [4.69, 9.17) is 4.98 Å². The summed E-state index contributed by atoms with van der Waals surface area (Å²) >= 11 is 1.69. The van der Waals surface area contributed by atoms with Crippen molar-refractivity contribution in [3.8, 4) is 10.7 Å². The maximum absolute atomic E-state index is 4.82. The second kappa shape index (κ2) is 8.95. The number of pyridine rings is 1. The standard InChI is InChI=1S/C23H28N4S/c1-18-14-27(15-19-8-4-3-5-9-19)13-11-22(18)26(2)16-20-17-28-23(25-20)21-10-6-7-12-24-21/h3-10,12,17-18,22H,11,13-16H2,1-2H3/t18-,22+/m1/s1. The molecule has 1 aromatic carbocycles. The molecule has 0 unspecified atom stereocenters. The third-order valence-electron chi connectivity index (χ3n) is 5.61. The van der Waals surface area contributed by atoms with E-state index in [0.29, 0.717) is 12.0 Å². The Morgan fingerprint density at radius 1 is 1.14 bits per heavy atom. The Morgan fingerprint density at radius 3 is 2.71 bits per heavy atom. The Kier molecular flexibility index (Phi) is 6.15. The number of thiazole rings is 1. The summed E-state index contributed by atoms with van der Waals surface area (Å²) in [6.45, 7) is 6.65. The molecule has 0 spiro atoms. The third-order valence-corrected chi connectivity index (χ3v) is 6.52.